The molecule has 34 heavy (non-hydrogen) atoms. The van der Waals surface area contributed by atoms with Crippen molar-refractivity contribution in [3.05, 3.63) is 46.5 Å². The number of halogens is 1. The second-order valence-electron chi connectivity index (χ2n) is 9.81. The van der Waals surface area contributed by atoms with E-state index in [9.17, 15) is 4.79 Å². The first-order chi connectivity index (χ1) is 16.3. The zero-order valence-electron chi connectivity index (χ0n) is 19.4. The van der Waals surface area contributed by atoms with Crippen LogP contribution in [0.1, 0.15) is 44.6 Å². The van der Waals surface area contributed by atoms with Crippen LogP contribution < -0.4 is 10.1 Å². The van der Waals surface area contributed by atoms with Crippen molar-refractivity contribution in [2.75, 3.05) is 18.4 Å². The Balaban J connectivity index is 1.26. The summed E-state index contributed by atoms with van der Waals surface area (Å²) in [6, 6.07) is 5.08. The number of nitrogens with zero attached hydrogens (tertiary/aromatic N) is 4. The highest BCUT2D eigenvalue weighted by Crippen LogP contribution is 2.42. The quantitative estimate of drug-likeness (QED) is 0.535. The number of aromatic nitrogens is 2. The van der Waals surface area contributed by atoms with E-state index in [0.717, 1.165) is 37.7 Å². The summed E-state index contributed by atoms with van der Waals surface area (Å²) in [6.45, 7) is 12.3. The monoisotopic (exact) mass is 481 g/mol. The van der Waals surface area contributed by atoms with Gasteiger partial charge in [-0.25, -0.2) is 19.6 Å². The van der Waals surface area contributed by atoms with Gasteiger partial charge in [-0.2, -0.15) is 0 Å². The summed E-state index contributed by atoms with van der Waals surface area (Å²) in [4.78, 5) is 26.7. The molecule has 3 fully saturated rings. The molecule has 1 saturated heterocycles. The Morgan fingerprint density at radius 3 is 2.62 bits per heavy atom. The standard InChI is InChI=1S/C25H28ClN5O3/c1-15-22(30-20-8-7-18(27-3)11-19(20)26)28-14-29-23(15)33-21-16-5-6-17(21)13-31(12-16)24(32)34-25(2)9-4-10-25/h7-8,11,14,16-17,21H,4-6,9-10,12-13H2,1-2H3,(H,28,29,30). The molecule has 3 aliphatic rings. The molecule has 1 N–H and O–H groups in total. The summed E-state index contributed by atoms with van der Waals surface area (Å²) < 4.78 is 12.2. The highest BCUT2D eigenvalue weighted by Gasteiger charge is 2.47. The number of nitrogens with one attached hydrogen (secondary N) is 1. The van der Waals surface area contributed by atoms with Crippen molar-refractivity contribution >= 4 is 34.9 Å². The number of amides is 1. The Morgan fingerprint density at radius 1 is 1.26 bits per heavy atom. The smallest absolute Gasteiger partial charge is 0.410 e. The molecular formula is C25H28ClN5O3. The fourth-order valence-corrected chi connectivity index (χ4v) is 5.40. The molecule has 2 aromatic rings. The average molecular weight is 482 g/mol. The van der Waals surface area contributed by atoms with Crippen LogP contribution in [-0.4, -0.2) is 45.8 Å². The maximum absolute atomic E-state index is 12.7. The normalized spacial score (nSPS) is 24.6. The second kappa shape index (κ2) is 8.95. The van der Waals surface area contributed by atoms with Crippen molar-refractivity contribution in [3.63, 3.8) is 0 Å². The number of carbonyl (C=O) groups is 1. The molecule has 1 aromatic carbocycles. The van der Waals surface area contributed by atoms with Crippen LogP contribution in [0.3, 0.4) is 0 Å². The van der Waals surface area contributed by atoms with E-state index < -0.39 is 0 Å². The molecule has 2 aliphatic carbocycles. The number of hydrogen-bond acceptors (Lipinski definition) is 6. The molecule has 0 spiro atoms. The van der Waals surface area contributed by atoms with Gasteiger partial charge in [0.05, 0.1) is 22.8 Å². The summed E-state index contributed by atoms with van der Waals surface area (Å²) in [7, 11) is 0. The van der Waals surface area contributed by atoms with E-state index in [1.807, 2.05) is 18.7 Å². The minimum atomic E-state index is -0.288. The molecule has 0 radical (unpaired) electrons. The van der Waals surface area contributed by atoms with Gasteiger partial charge in [0, 0.05) is 24.9 Å². The van der Waals surface area contributed by atoms with Gasteiger partial charge >= 0.3 is 6.09 Å². The fraction of sp³-hybridized carbons (Fsp3) is 0.520. The maximum Gasteiger partial charge on any atom is 0.410 e. The van der Waals surface area contributed by atoms with Crippen molar-refractivity contribution in [1.82, 2.24) is 14.9 Å². The molecule has 8 nitrogen and oxygen atoms in total. The van der Waals surface area contributed by atoms with E-state index in [0.29, 0.717) is 41.2 Å². The predicted octanol–water partition coefficient (Wildman–Crippen LogP) is 5.90. The third-order valence-electron chi connectivity index (χ3n) is 7.37. The lowest BCUT2D eigenvalue weighted by Crippen LogP contribution is -2.52. The Kier molecular flexibility index (Phi) is 5.98. The van der Waals surface area contributed by atoms with Crippen LogP contribution in [0.15, 0.2) is 24.5 Å². The second-order valence-corrected chi connectivity index (χ2v) is 10.2. The van der Waals surface area contributed by atoms with Crippen molar-refractivity contribution in [2.24, 2.45) is 11.8 Å². The summed E-state index contributed by atoms with van der Waals surface area (Å²) in [6.07, 6.45) is 6.35. The Hall–Kier alpha value is -3.05. The number of fused-ring (bicyclic) bond motifs is 2. The molecule has 2 atom stereocenters. The van der Waals surface area contributed by atoms with Crippen LogP contribution in [0.25, 0.3) is 4.85 Å². The Bertz CT molecular complexity index is 1130. The molecule has 2 saturated carbocycles. The third kappa shape index (κ3) is 4.37. The molecule has 178 valence electrons. The lowest BCUT2D eigenvalue weighted by molar-refractivity contribution is -0.0586. The van der Waals surface area contributed by atoms with Crippen molar-refractivity contribution < 1.29 is 14.3 Å². The van der Waals surface area contributed by atoms with Gasteiger partial charge in [0.25, 0.3) is 0 Å². The number of piperidine rings is 1. The first kappa shape index (κ1) is 22.7. The number of likely N-dealkylation sites (tertiary alicyclic amines) is 1. The van der Waals surface area contributed by atoms with E-state index in [1.54, 1.807) is 18.2 Å². The van der Waals surface area contributed by atoms with Gasteiger partial charge in [-0.3, -0.25) is 0 Å². The molecule has 1 aromatic heterocycles. The molecule has 2 unspecified atom stereocenters. The van der Waals surface area contributed by atoms with Crippen molar-refractivity contribution in [3.8, 4) is 5.88 Å². The number of carbonyl (C=O) groups excluding carboxylic acids is 1. The Morgan fingerprint density at radius 2 is 2.00 bits per heavy atom. The van der Waals surface area contributed by atoms with Gasteiger partial charge < -0.3 is 19.7 Å². The van der Waals surface area contributed by atoms with Gasteiger partial charge in [0.2, 0.25) is 5.88 Å². The largest absolute Gasteiger partial charge is 0.473 e. The van der Waals surface area contributed by atoms with Gasteiger partial charge in [-0.15, -0.1) is 0 Å². The van der Waals surface area contributed by atoms with Crippen LogP contribution in [-0.2, 0) is 4.74 Å². The molecule has 2 heterocycles. The summed E-state index contributed by atoms with van der Waals surface area (Å²) >= 11 is 6.32. The van der Waals surface area contributed by atoms with Gasteiger partial charge in [-0.1, -0.05) is 17.7 Å². The average Bonchev–Trinajstić information content (AvgIpc) is 3.02. The minimum absolute atomic E-state index is 0.00586. The van der Waals surface area contributed by atoms with Crippen LogP contribution in [0.2, 0.25) is 5.02 Å². The molecule has 1 amide bonds. The fourth-order valence-electron chi connectivity index (χ4n) is 5.18. The summed E-state index contributed by atoms with van der Waals surface area (Å²) in [5.74, 6) is 1.64. The van der Waals surface area contributed by atoms with Crippen LogP contribution >= 0.6 is 11.6 Å². The van der Waals surface area contributed by atoms with E-state index >= 15 is 0 Å². The zero-order valence-corrected chi connectivity index (χ0v) is 20.1. The number of benzene rings is 1. The van der Waals surface area contributed by atoms with E-state index in [4.69, 9.17) is 27.6 Å². The number of rotatable bonds is 5. The predicted molar refractivity (Wildman–Crippen MR) is 129 cm³/mol. The molecular weight excluding hydrogens is 454 g/mol. The first-order valence-corrected chi connectivity index (χ1v) is 12.1. The lowest BCUT2D eigenvalue weighted by Gasteiger charge is -2.42. The Labute approximate surface area is 204 Å². The van der Waals surface area contributed by atoms with Crippen molar-refractivity contribution in [1.29, 1.82) is 0 Å². The highest BCUT2D eigenvalue weighted by molar-refractivity contribution is 6.33. The minimum Gasteiger partial charge on any atom is -0.473 e. The van der Waals surface area contributed by atoms with Crippen LogP contribution in [0.4, 0.5) is 22.0 Å². The molecule has 1 aliphatic heterocycles. The van der Waals surface area contributed by atoms with Crippen LogP contribution in [0.5, 0.6) is 5.88 Å². The van der Waals surface area contributed by atoms with Gasteiger partial charge in [0.1, 0.15) is 23.9 Å². The SMILES string of the molecule is [C-]#[N+]c1ccc(Nc2ncnc(OC3C4CCC3CN(C(=O)OC3(C)CCC3)C4)c2C)c(Cl)c1. The lowest BCUT2D eigenvalue weighted by atomic mass is 9.82. The molecule has 9 heteroatoms. The highest BCUT2D eigenvalue weighted by atomic mass is 35.5. The summed E-state index contributed by atoms with van der Waals surface area (Å²) in [5, 5.41) is 3.67. The topological polar surface area (TPSA) is 80.9 Å². The van der Waals surface area contributed by atoms with Gasteiger partial charge in [0.15, 0.2) is 5.69 Å². The third-order valence-corrected chi connectivity index (χ3v) is 7.68. The molecule has 5 rings (SSSR count). The van der Waals surface area contributed by atoms with Gasteiger partial charge in [-0.05, 0) is 58.1 Å². The summed E-state index contributed by atoms with van der Waals surface area (Å²) in [5.41, 5.74) is 1.64. The van der Waals surface area contributed by atoms with E-state index in [2.05, 4.69) is 20.1 Å². The zero-order chi connectivity index (χ0) is 23.9. The van der Waals surface area contributed by atoms with Crippen molar-refractivity contribution in [2.45, 2.75) is 57.7 Å². The maximum atomic E-state index is 12.7. The van der Waals surface area contributed by atoms with E-state index in [-0.39, 0.29) is 29.6 Å². The number of anilines is 2. The van der Waals surface area contributed by atoms with E-state index in [1.165, 1.54) is 6.33 Å². The molecule has 2 bridgehead atoms. The first-order valence-electron chi connectivity index (χ1n) is 11.8. The number of hydrogen-bond donors (Lipinski definition) is 1. The van der Waals surface area contributed by atoms with Crippen LogP contribution in [0, 0.1) is 25.3 Å². The number of ether oxygens (including phenoxy) is 2.